The number of nitrogens with two attached hydrogens (primary N) is 1. The molecule has 0 aliphatic carbocycles. The zero-order valence-corrected chi connectivity index (χ0v) is 15.6. The highest BCUT2D eigenvalue weighted by Gasteiger charge is 2.31. The molecule has 0 aromatic heterocycles. The summed E-state index contributed by atoms with van der Waals surface area (Å²) in [4.78, 5) is 0. The van der Waals surface area contributed by atoms with Crippen molar-refractivity contribution in [2.24, 2.45) is 5.73 Å². The van der Waals surface area contributed by atoms with Gasteiger partial charge in [-0.2, -0.15) is 26.3 Å². The number of hydrogen-bond acceptors (Lipinski definition) is 2. The first-order chi connectivity index (χ1) is 12.5. The molecule has 0 aliphatic heterocycles. The Morgan fingerprint density at radius 1 is 0.852 bits per heavy atom. The number of hydrogen-bond donors (Lipinski definition) is 2. The van der Waals surface area contributed by atoms with Crippen molar-refractivity contribution < 1.29 is 31.4 Å². The molecule has 3 N–H and O–H groups in total. The quantitative estimate of drug-likeness (QED) is 0.491. The minimum absolute atomic E-state index is 0.237. The van der Waals surface area contributed by atoms with Gasteiger partial charge in [-0.1, -0.05) is 52.3 Å². The van der Waals surface area contributed by atoms with Gasteiger partial charge in [-0.05, 0) is 29.7 Å². The van der Waals surface area contributed by atoms with Gasteiger partial charge in [-0.15, -0.1) is 0 Å². The summed E-state index contributed by atoms with van der Waals surface area (Å²) in [6, 6.07) is 9.68. The summed E-state index contributed by atoms with van der Waals surface area (Å²) in [5.41, 5.74) is 5.25. The first-order valence-corrected chi connectivity index (χ1v) is 8.84. The van der Waals surface area contributed by atoms with Crippen LogP contribution in [0.15, 0.2) is 48.5 Å². The molecule has 27 heavy (non-hydrogen) atoms. The van der Waals surface area contributed by atoms with E-state index < -0.39 is 29.5 Å². The fourth-order valence-corrected chi connectivity index (χ4v) is 2.42. The molecule has 2 aromatic rings. The third kappa shape index (κ3) is 8.32. The van der Waals surface area contributed by atoms with Crippen molar-refractivity contribution in [1.82, 2.24) is 0 Å². The zero-order chi connectivity index (χ0) is 20.7. The second-order valence-electron chi connectivity index (χ2n) is 5.68. The maximum Gasteiger partial charge on any atom is 0.416 e. The van der Waals surface area contributed by atoms with Gasteiger partial charge in [0, 0.05) is 11.4 Å². The summed E-state index contributed by atoms with van der Waals surface area (Å²) >= 11 is 3.09. The lowest BCUT2D eigenvalue weighted by Crippen LogP contribution is -2.26. The summed E-state index contributed by atoms with van der Waals surface area (Å²) in [7, 11) is 0. The molecule has 2 aromatic carbocycles. The molecule has 0 saturated heterocycles. The number of rotatable bonds is 4. The Morgan fingerprint density at radius 2 is 1.30 bits per heavy atom. The van der Waals surface area contributed by atoms with Crippen LogP contribution in [0.2, 0.25) is 0 Å². The number of benzene rings is 2. The van der Waals surface area contributed by atoms with E-state index in [-0.39, 0.29) is 13.0 Å². The first-order valence-electron chi connectivity index (χ1n) is 7.72. The van der Waals surface area contributed by atoms with Crippen molar-refractivity contribution in [1.29, 1.82) is 0 Å². The van der Waals surface area contributed by atoms with Crippen LogP contribution in [0.3, 0.4) is 0 Å². The normalized spacial score (nSPS) is 12.9. The van der Waals surface area contributed by atoms with Crippen molar-refractivity contribution in [3.05, 3.63) is 70.8 Å². The molecule has 2 rings (SSSR count). The Kier molecular flexibility index (Phi) is 8.77. The van der Waals surface area contributed by atoms with E-state index in [4.69, 9.17) is 10.8 Å². The second-order valence-corrected chi connectivity index (χ2v) is 6.24. The zero-order valence-electron chi connectivity index (χ0n) is 14.0. The minimum Gasteiger partial charge on any atom is -0.395 e. The average molecular weight is 458 g/mol. The summed E-state index contributed by atoms with van der Waals surface area (Å²) in [5.74, 6) is 0. The molecule has 0 spiro atoms. The number of aliphatic hydroxyl groups excluding tert-OH is 1. The van der Waals surface area contributed by atoms with Gasteiger partial charge >= 0.3 is 12.4 Å². The van der Waals surface area contributed by atoms with Crippen LogP contribution in [0.1, 0.15) is 22.3 Å². The second kappa shape index (κ2) is 10.1. The predicted octanol–water partition coefficient (Wildman–Crippen LogP) is 5.17. The molecule has 2 nitrogen and oxygen atoms in total. The monoisotopic (exact) mass is 457 g/mol. The minimum atomic E-state index is -4.33. The third-order valence-corrected chi connectivity index (χ3v) is 4.04. The van der Waals surface area contributed by atoms with E-state index in [2.05, 4.69) is 15.9 Å². The SMILES string of the molecule is FC(F)(F)c1cccc(CBr)c1.NC(CO)Cc1cccc(C(F)(F)F)c1. The van der Waals surface area contributed by atoms with Crippen molar-refractivity contribution >= 4 is 15.9 Å². The Labute approximate surface area is 161 Å². The van der Waals surface area contributed by atoms with E-state index >= 15 is 0 Å². The lowest BCUT2D eigenvalue weighted by Gasteiger charge is -2.11. The smallest absolute Gasteiger partial charge is 0.395 e. The topological polar surface area (TPSA) is 46.2 Å². The molecular formula is C18H18BrF6NO. The summed E-state index contributed by atoms with van der Waals surface area (Å²) in [6.45, 7) is -0.240. The van der Waals surface area contributed by atoms with E-state index in [0.717, 1.165) is 24.3 Å². The van der Waals surface area contributed by atoms with Crippen molar-refractivity contribution in [3.8, 4) is 0 Å². The Hall–Kier alpha value is -1.58. The van der Waals surface area contributed by atoms with Crippen molar-refractivity contribution in [2.45, 2.75) is 30.1 Å². The molecule has 0 saturated carbocycles. The van der Waals surface area contributed by atoms with Crippen LogP contribution in [0.25, 0.3) is 0 Å². The van der Waals surface area contributed by atoms with Gasteiger partial charge in [0.05, 0.1) is 17.7 Å². The van der Waals surface area contributed by atoms with E-state index in [9.17, 15) is 26.3 Å². The number of aliphatic hydroxyl groups is 1. The molecule has 150 valence electrons. The van der Waals surface area contributed by atoms with E-state index in [0.29, 0.717) is 16.5 Å². The molecule has 0 amide bonds. The largest absolute Gasteiger partial charge is 0.416 e. The molecule has 0 bridgehead atoms. The van der Waals surface area contributed by atoms with Crippen LogP contribution < -0.4 is 5.73 Å². The molecule has 1 unspecified atom stereocenters. The maximum atomic E-state index is 12.3. The van der Waals surface area contributed by atoms with Crippen LogP contribution in [-0.4, -0.2) is 17.8 Å². The third-order valence-electron chi connectivity index (χ3n) is 3.40. The molecule has 1 atom stereocenters. The van der Waals surface area contributed by atoms with Gasteiger partial charge in [0.25, 0.3) is 0 Å². The highest BCUT2D eigenvalue weighted by molar-refractivity contribution is 9.08. The molecule has 9 heteroatoms. The van der Waals surface area contributed by atoms with Crippen LogP contribution >= 0.6 is 15.9 Å². The fraction of sp³-hybridized carbons (Fsp3) is 0.333. The van der Waals surface area contributed by atoms with Gasteiger partial charge < -0.3 is 10.8 Å². The molecule has 0 radical (unpaired) electrons. The molecule has 0 heterocycles. The lowest BCUT2D eigenvalue weighted by molar-refractivity contribution is -0.138. The van der Waals surface area contributed by atoms with E-state index in [1.165, 1.54) is 12.1 Å². The van der Waals surface area contributed by atoms with Crippen LogP contribution in [0, 0.1) is 0 Å². The molecule has 0 fully saturated rings. The summed E-state index contributed by atoms with van der Waals surface area (Å²) in [5, 5.41) is 9.12. The van der Waals surface area contributed by atoms with Crippen LogP contribution in [0.5, 0.6) is 0 Å². The summed E-state index contributed by atoms with van der Waals surface area (Å²) in [6.07, 6.45) is -8.34. The molecule has 0 aliphatic rings. The maximum absolute atomic E-state index is 12.3. The van der Waals surface area contributed by atoms with Crippen molar-refractivity contribution in [3.63, 3.8) is 0 Å². The van der Waals surface area contributed by atoms with Gasteiger partial charge in [0.2, 0.25) is 0 Å². The average Bonchev–Trinajstić information content (AvgIpc) is 2.61. The predicted molar refractivity (Wildman–Crippen MR) is 94.3 cm³/mol. The van der Waals surface area contributed by atoms with Crippen LogP contribution in [0.4, 0.5) is 26.3 Å². The van der Waals surface area contributed by atoms with Gasteiger partial charge in [0.1, 0.15) is 0 Å². The fourth-order valence-electron chi connectivity index (χ4n) is 2.07. The van der Waals surface area contributed by atoms with Gasteiger partial charge in [0.15, 0.2) is 0 Å². The number of alkyl halides is 7. The Bertz CT molecular complexity index is 717. The van der Waals surface area contributed by atoms with Gasteiger partial charge in [-0.3, -0.25) is 0 Å². The molecular weight excluding hydrogens is 440 g/mol. The number of halogens is 7. The lowest BCUT2D eigenvalue weighted by atomic mass is 10.0. The first kappa shape index (κ1) is 23.5. The van der Waals surface area contributed by atoms with Crippen LogP contribution in [-0.2, 0) is 24.1 Å². The highest BCUT2D eigenvalue weighted by atomic mass is 79.9. The summed E-state index contributed by atoms with van der Waals surface area (Å²) < 4.78 is 73.2. The standard InChI is InChI=1S/C10H12F3NO.C8H6BrF3/c11-10(12,13)8-3-1-2-7(4-8)5-9(14)6-15;9-5-6-2-1-3-7(4-6)8(10,11)12/h1-4,9,15H,5-6,14H2;1-4H,5H2. The van der Waals surface area contributed by atoms with E-state index in [1.54, 1.807) is 12.1 Å². The van der Waals surface area contributed by atoms with Crippen molar-refractivity contribution in [2.75, 3.05) is 6.61 Å². The van der Waals surface area contributed by atoms with E-state index in [1.807, 2.05) is 0 Å². The highest BCUT2D eigenvalue weighted by Crippen LogP contribution is 2.30. The Balaban J connectivity index is 0.000000277. The van der Waals surface area contributed by atoms with Gasteiger partial charge in [-0.25, -0.2) is 0 Å². The Morgan fingerprint density at radius 3 is 1.70 bits per heavy atom.